The van der Waals surface area contributed by atoms with Crippen molar-refractivity contribution in [3.05, 3.63) is 18.2 Å². The second-order valence-corrected chi connectivity index (χ2v) is 3.98. The zero-order valence-electron chi connectivity index (χ0n) is 10.1. The first-order valence-electron chi connectivity index (χ1n) is 5.61. The van der Waals surface area contributed by atoms with Crippen molar-refractivity contribution < 1.29 is 19.0 Å². The normalized spacial score (nSPS) is 14.9. The molecule has 1 aliphatic heterocycles. The zero-order valence-corrected chi connectivity index (χ0v) is 10.1. The highest BCUT2D eigenvalue weighted by molar-refractivity contribution is 5.93. The van der Waals surface area contributed by atoms with E-state index in [0.717, 1.165) is 0 Å². The molecule has 6 nitrogen and oxygen atoms in total. The Morgan fingerprint density at radius 2 is 2.33 bits per heavy atom. The fourth-order valence-electron chi connectivity index (χ4n) is 1.51. The number of nitrogens with two attached hydrogens (primary N) is 1. The van der Waals surface area contributed by atoms with E-state index in [9.17, 15) is 4.79 Å². The van der Waals surface area contributed by atoms with Gasteiger partial charge >= 0.3 is 0 Å². The molecule has 6 heteroatoms. The molecule has 3 N–H and O–H groups in total. The first-order chi connectivity index (χ1) is 8.69. The van der Waals surface area contributed by atoms with E-state index in [1.807, 2.05) is 0 Å². The van der Waals surface area contributed by atoms with E-state index in [4.69, 9.17) is 19.9 Å². The van der Waals surface area contributed by atoms with Crippen LogP contribution >= 0.6 is 0 Å². The van der Waals surface area contributed by atoms with Crippen molar-refractivity contribution in [2.45, 2.75) is 6.10 Å². The number of benzene rings is 1. The zero-order chi connectivity index (χ0) is 13.0. The van der Waals surface area contributed by atoms with Gasteiger partial charge in [0.2, 0.25) is 5.91 Å². The molecule has 1 aromatic carbocycles. The van der Waals surface area contributed by atoms with Gasteiger partial charge in [-0.15, -0.1) is 0 Å². The number of anilines is 2. The fraction of sp³-hybridized carbons (Fsp3) is 0.417. The van der Waals surface area contributed by atoms with E-state index in [2.05, 4.69) is 5.32 Å². The summed E-state index contributed by atoms with van der Waals surface area (Å²) in [5.74, 6) is 0.315. The SMILES string of the molecule is COc1ccc(N)cc1NC(=O)COC1COC1. The van der Waals surface area contributed by atoms with E-state index < -0.39 is 0 Å². The largest absolute Gasteiger partial charge is 0.495 e. The van der Waals surface area contributed by atoms with Crippen molar-refractivity contribution in [2.75, 3.05) is 38.0 Å². The fourth-order valence-corrected chi connectivity index (χ4v) is 1.51. The summed E-state index contributed by atoms with van der Waals surface area (Å²) in [6.45, 7) is 1.09. The highest BCUT2D eigenvalue weighted by Crippen LogP contribution is 2.26. The third-order valence-corrected chi connectivity index (χ3v) is 2.56. The van der Waals surface area contributed by atoms with Gasteiger partial charge in [0.05, 0.1) is 26.0 Å². The van der Waals surface area contributed by atoms with Crippen LogP contribution in [-0.2, 0) is 14.3 Å². The number of carbonyl (C=O) groups is 1. The van der Waals surface area contributed by atoms with Crippen LogP contribution in [0.25, 0.3) is 0 Å². The monoisotopic (exact) mass is 252 g/mol. The van der Waals surface area contributed by atoms with E-state index in [0.29, 0.717) is 30.3 Å². The Balaban J connectivity index is 1.90. The topological polar surface area (TPSA) is 82.8 Å². The molecule has 1 aliphatic rings. The Morgan fingerprint density at radius 1 is 1.56 bits per heavy atom. The molecule has 1 amide bonds. The number of nitrogen functional groups attached to an aromatic ring is 1. The average Bonchev–Trinajstić information content (AvgIpc) is 2.27. The Bertz CT molecular complexity index is 432. The molecule has 98 valence electrons. The molecule has 1 aromatic rings. The Labute approximate surface area is 105 Å². The van der Waals surface area contributed by atoms with Crippen LogP contribution in [0.5, 0.6) is 5.75 Å². The number of carbonyl (C=O) groups excluding carboxylic acids is 1. The molecule has 0 unspecified atom stereocenters. The maximum Gasteiger partial charge on any atom is 0.250 e. The van der Waals surface area contributed by atoms with Crippen LogP contribution in [0.4, 0.5) is 11.4 Å². The first-order valence-corrected chi connectivity index (χ1v) is 5.61. The van der Waals surface area contributed by atoms with Crippen LogP contribution in [0.3, 0.4) is 0 Å². The number of ether oxygens (including phenoxy) is 3. The van der Waals surface area contributed by atoms with Crippen molar-refractivity contribution >= 4 is 17.3 Å². The molecule has 0 atom stereocenters. The summed E-state index contributed by atoms with van der Waals surface area (Å²) in [6.07, 6.45) is 0.0264. The summed E-state index contributed by atoms with van der Waals surface area (Å²) in [5, 5.41) is 2.70. The van der Waals surface area contributed by atoms with Gasteiger partial charge in [0, 0.05) is 5.69 Å². The number of nitrogens with one attached hydrogen (secondary N) is 1. The van der Waals surface area contributed by atoms with E-state index in [1.54, 1.807) is 18.2 Å². The van der Waals surface area contributed by atoms with Crippen LogP contribution in [0.15, 0.2) is 18.2 Å². The van der Waals surface area contributed by atoms with Crippen molar-refractivity contribution in [3.63, 3.8) is 0 Å². The predicted molar refractivity (Wildman–Crippen MR) is 66.6 cm³/mol. The number of hydrogen-bond donors (Lipinski definition) is 2. The van der Waals surface area contributed by atoms with Crippen LogP contribution in [-0.4, -0.2) is 38.9 Å². The molecular formula is C12H16N2O4. The van der Waals surface area contributed by atoms with Gasteiger partial charge in [-0.3, -0.25) is 4.79 Å². The highest BCUT2D eigenvalue weighted by Gasteiger charge is 2.20. The molecular weight excluding hydrogens is 236 g/mol. The molecule has 1 saturated heterocycles. The smallest absolute Gasteiger partial charge is 0.250 e. The van der Waals surface area contributed by atoms with Crippen molar-refractivity contribution in [2.24, 2.45) is 0 Å². The summed E-state index contributed by atoms with van der Waals surface area (Å²) in [4.78, 5) is 11.7. The number of amides is 1. The van der Waals surface area contributed by atoms with Crippen LogP contribution in [0.2, 0.25) is 0 Å². The standard InChI is InChI=1S/C12H16N2O4/c1-16-11-3-2-8(13)4-10(11)14-12(15)7-18-9-5-17-6-9/h2-4,9H,5-7,13H2,1H3,(H,14,15). The van der Waals surface area contributed by atoms with Gasteiger partial charge in [-0.2, -0.15) is 0 Å². The van der Waals surface area contributed by atoms with Gasteiger partial charge < -0.3 is 25.3 Å². The summed E-state index contributed by atoms with van der Waals surface area (Å²) < 4.78 is 15.4. The maximum absolute atomic E-state index is 11.7. The van der Waals surface area contributed by atoms with Gasteiger partial charge in [-0.25, -0.2) is 0 Å². The summed E-state index contributed by atoms with van der Waals surface area (Å²) in [7, 11) is 1.53. The van der Waals surface area contributed by atoms with Crippen LogP contribution in [0, 0.1) is 0 Å². The molecule has 0 spiro atoms. The van der Waals surface area contributed by atoms with E-state index in [1.165, 1.54) is 7.11 Å². The van der Waals surface area contributed by atoms with Crippen molar-refractivity contribution in [3.8, 4) is 5.75 Å². The third kappa shape index (κ3) is 3.12. The molecule has 1 heterocycles. The maximum atomic E-state index is 11.7. The van der Waals surface area contributed by atoms with Crippen LogP contribution in [0.1, 0.15) is 0 Å². The summed E-state index contributed by atoms with van der Waals surface area (Å²) in [5.41, 5.74) is 6.75. The van der Waals surface area contributed by atoms with Crippen LogP contribution < -0.4 is 15.8 Å². The second-order valence-electron chi connectivity index (χ2n) is 3.98. The molecule has 0 radical (unpaired) electrons. The number of hydrogen-bond acceptors (Lipinski definition) is 5. The molecule has 1 fully saturated rings. The minimum absolute atomic E-state index is 0.00796. The quantitative estimate of drug-likeness (QED) is 0.751. The Hall–Kier alpha value is -1.79. The highest BCUT2D eigenvalue weighted by atomic mass is 16.6. The Kier molecular flexibility index (Phi) is 4.01. The lowest BCUT2D eigenvalue weighted by atomic mass is 10.2. The summed E-state index contributed by atoms with van der Waals surface area (Å²) >= 11 is 0. The molecule has 0 saturated carbocycles. The van der Waals surface area contributed by atoms with Crippen molar-refractivity contribution in [1.29, 1.82) is 0 Å². The first kappa shape index (κ1) is 12.7. The Morgan fingerprint density at radius 3 is 2.94 bits per heavy atom. The predicted octanol–water partition coefficient (Wildman–Crippen LogP) is 0.631. The molecule has 0 aromatic heterocycles. The average molecular weight is 252 g/mol. The third-order valence-electron chi connectivity index (χ3n) is 2.56. The van der Waals surface area contributed by atoms with Gasteiger partial charge in [-0.1, -0.05) is 0 Å². The number of rotatable bonds is 5. The minimum Gasteiger partial charge on any atom is -0.495 e. The lowest BCUT2D eigenvalue weighted by Crippen LogP contribution is -2.38. The van der Waals surface area contributed by atoms with Gasteiger partial charge in [-0.05, 0) is 18.2 Å². The van der Waals surface area contributed by atoms with E-state index in [-0.39, 0.29) is 18.6 Å². The molecule has 18 heavy (non-hydrogen) atoms. The van der Waals surface area contributed by atoms with Gasteiger partial charge in [0.25, 0.3) is 0 Å². The van der Waals surface area contributed by atoms with E-state index >= 15 is 0 Å². The molecule has 0 aliphatic carbocycles. The lowest BCUT2D eigenvalue weighted by molar-refractivity contribution is -0.144. The lowest BCUT2D eigenvalue weighted by Gasteiger charge is -2.25. The number of methoxy groups -OCH3 is 1. The second kappa shape index (κ2) is 5.70. The summed E-state index contributed by atoms with van der Waals surface area (Å²) in [6, 6.07) is 5.05. The molecule has 0 bridgehead atoms. The van der Waals surface area contributed by atoms with Crippen molar-refractivity contribution in [1.82, 2.24) is 0 Å². The van der Waals surface area contributed by atoms with Gasteiger partial charge in [0.15, 0.2) is 0 Å². The van der Waals surface area contributed by atoms with Gasteiger partial charge in [0.1, 0.15) is 18.5 Å². The minimum atomic E-state index is -0.245. The molecule has 2 rings (SSSR count).